The van der Waals surface area contributed by atoms with Crippen molar-refractivity contribution in [2.75, 3.05) is 18.8 Å². The number of pyridine rings is 1. The van der Waals surface area contributed by atoms with Gasteiger partial charge in [-0.05, 0) is 24.5 Å². The number of carbonyl (C=O) groups excluding carboxylic acids is 1. The van der Waals surface area contributed by atoms with E-state index in [1.165, 1.54) is 0 Å². The Kier molecular flexibility index (Phi) is 5.09. The first-order valence-corrected chi connectivity index (χ1v) is 9.63. The zero-order valence-electron chi connectivity index (χ0n) is 13.5. The standard InChI is InChI=1S/C15H19N5O4S/c16-25(22,23)10-11-5-7-20(9-11)14(21)4-3-13-18-15(19-24-13)12-2-1-6-17-8-12/h1-2,6,8,11H,3-5,7,9-10H2,(H2,16,22,23)/t11-/m0/s1. The topological polar surface area (TPSA) is 132 Å². The van der Waals surface area contributed by atoms with Crippen molar-refractivity contribution in [3.8, 4) is 11.4 Å². The Morgan fingerprint density at radius 1 is 1.44 bits per heavy atom. The molecule has 25 heavy (non-hydrogen) atoms. The van der Waals surface area contributed by atoms with E-state index in [0.29, 0.717) is 37.6 Å². The number of nitrogens with two attached hydrogens (primary N) is 1. The highest BCUT2D eigenvalue weighted by atomic mass is 32.2. The minimum Gasteiger partial charge on any atom is -0.342 e. The molecule has 1 saturated heterocycles. The lowest BCUT2D eigenvalue weighted by Gasteiger charge is -2.15. The van der Waals surface area contributed by atoms with Gasteiger partial charge in [0.25, 0.3) is 0 Å². The van der Waals surface area contributed by atoms with Crippen LogP contribution in [0.4, 0.5) is 0 Å². The van der Waals surface area contributed by atoms with Crippen molar-refractivity contribution in [1.82, 2.24) is 20.0 Å². The van der Waals surface area contributed by atoms with Crippen molar-refractivity contribution in [1.29, 1.82) is 0 Å². The average Bonchev–Trinajstić information content (AvgIpc) is 3.21. The summed E-state index contributed by atoms with van der Waals surface area (Å²) in [4.78, 5) is 22.2. The number of likely N-dealkylation sites (tertiary alicyclic amines) is 1. The van der Waals surface area contributed by atoms with Crippen molar-refractivity contribution in [2.24, 2.45) is 11.1 Å². The number of primary sulfonamides is 1. The second-order valence-corrected chi connectivity index (χ2v) is 7.74. The molecule has 0 aliphatic carbocycles. The van der Waals surface area contributed by atoms with Gasteiger partial charge in [-0.1, -0.05) is 5.16 Å². The second kappa shape index (κ2) is 7.28. The molecule has 0 bridgehead atoms. The minimum absolute atomic E-state index is 0.0574. The fraction of sp³-hybridized carbons (Fsp3) is 0.467. The molecular formula is C15H19N5O4S. The van der Waals surface area contributed by atoms with Gasteiger partial charge in [0, 0.05) is 43.9 Å². The summed E-state index contributed by atoms with van der Waals surface area (Å²) in [5.41, 5.74) is 0.745. The van der Waals surface area contributed by atoms with Gasteiger partial charge in [0.1, 0.15) is 0 Å². The second-order valence-electron chi connectivity index (χ2n) is 6.08. The summed E-state index contributed by atoms with van der Waals surface area (Å²) in [6.45, 7) is 0.962. The van der Waals surface area contributed by atoms with Gasteiger partial charge in [-0.15, -0.1) is 0 Å². The number of nitrogens with zero attached hydrogens (tertiary/aromatic N) is 4. The molecule has 3 heterocycles. The summed E-state index contributed by atoms with van der Waals surface area (Å²) in [6, 6.07) is 3.60. The van der Waals surface area contributed by atoms with Crippen LogP contribution in [0.5, 0.6) is 0 Å². The number of aryl methyl sites for hydroxylation is 1. The number of aromatic nitrogens is 3. The van der Waals surface area contributed by atoms with Gasteiger partial charge < -0.3 is 9.42 Å². The number of amides is 1. The number of sulfonamides is 1. The molecule has 2 N–H and O–H groups in total. The maximum atomic E-state index is 12.3. The van der Waals surface area contributed by atoms with Gasteiger partial charge in [0.15, 0.2) is 0 Å². The lowest BCUT2D eigenvalue weighted by molar-refractivity contribution is -0.130. The molecule has 1 amide bonds. The molecule has 2 aromatic heterocycles. The molecule has 1 aliphatic rings. The molecule has 1 atom stereocenters. The van der Waals surface area contributed by atoms with Gasteiger partial charge in [-0.25, -0.2) is 13.6 Å². The van der Waals surface area contributed by atoms with Crippen LogP contribution in [-0.4, -0.2) is 53.2 Å². The monoisotopic (exact) mass is 365 g/mol. The zero-order valence-corrected chi connectivity index (χ0v) is 14.4. The van der Waals surface area contributed by atoms with E-state index in [0.717, 1.165) is 5.56 Å². The maximum Gasteiger partial charge on any atom is 0.227 e. The highest BCUT2D eigenvalue weighted by molar-refractivity contribution is 7.89. The molecule has 0 spiro atoms. The first-order valence-electron chi connectivity index (χ1n) is 7.92. The molecule has 9 nitrogen and oxygen atoms in total. The molecule has 10 heteroatoms. The summed E-state index contributed by atoms with van der Waals surface area (Å²) in [6.07, 6.45) is 4.51. The minimum atomic E-state index is -3.51. The van der Waals surface area contributed by atoms with Gasteiger partial charge in [-0.3, -0.25) is 9.78 Å². The normalized spacial score (nSPS) is 17.8. The van der Waals surface area contributed by atoms with Crippen LogP contribution in [0.3, 0.4) is 0 Å². The average molecular weight is 365 g/mol. The molecule has 2 aromatic rings. The van der Waals surface area contributed by atoms with Crippen LogP contribution < -0.4 is 5.14 Å². The molecule has 3 rings (SSSR count). The molecule has 0 unspecified atom stereocenters. The number of hydrogen-bond acceptors (Lipinski definition) is 7. The molecule has 0 radical (unpaired) electrons. The van der Waals surface area contributed by atoms with E-state index in [4.69, 9.17) is 9.66 Å². The van der Waals surface area contributed by atoms with Gasteiger partial charge >= 0.3 is 0 Å². The molecule has 134 valence electrons. The van der Waals surface area contributed by atoms with Crippen LogP contribution in [0, 0.1) is 5.92 Å². The van der Waals surface area contributed by atoms with Crippen molar-refractivity contribution < 1.29 is 17.7 Å². The van der Waals surface area contributed by atoms with Crippen LogP contribution in [-0.2, 0) is 21.2 Å². The lowest BCUT2D eigenvalue weighted by atomic mass is 10.2. The zero-order chi connectivity index (χ0) is 17.9. The molecular weight excluding hydrogens is 346 g/mol. The van der Waals surface area contributed by atoms with Crippen molar-refractivity contribution >= 4 is 15.9 Å². The Hall–Kier alpha value is -2.33. The first kappa shape index (κ1) is 17.5. The number of rotatable bonds is 6. The molecule has 0 saturated carbocycles. The van der Waals surface area contributed by atoms with Gasteiger partial charge in [0.2, 0.25) is 27.6 Å². The predicted molar refractivity (Wildman–Crippen MR) is 88.5 cm³/mol. The molecule has 0 aromatic carbocycles. The molecule has 1 aliphatic heterocycles. The van der Waals surface area contributed by atoms with E-state index in [1.54, 1.807) is 23.4 Å². The fourth-order valence-electron chi connectivity index (χ4n) is 2.86. The fourth-order valence-corrected chi connectivity index (χ4v) is 3.79. The van der Waals surface area contributed by atoms with Crippen molar-refractivity contribution in [2.45, 2.75) is 19.3 Å². The summed E-state index contributed by atoms with van der Waals surface area (Å²) >= 11 is 0. The van der Waals surface area contributed by atoms with Crippen LogP contribution >= 0.6 is 0 Å². The highest BCUT2D eigenvalue weighted by Crippen LogP contribution is 2.19. The van der Waals surface area contributed by atoms with Crippen LogP contribution in [0.1, 0.15) is 18.7 Å². The Bertz CT molecular complexity index is 837. The summed E-state index contributed by atoms with van der Waals surface area (Å²) in [5, 5.41) is 8.94. The summed E-state index contributed by atoms with van der Waals surface area (Å²) in [5.74, 6) is 0.574. The first-order chi connectivity index (χ1) is 11.9. The summed E-state index contributed by atoms with van der Waals surface area (Å²) in [7, 11) is -3.51. The van der Waals surface area contributed by atoms with E-state index < -0.39 is 10.0 Å². The van der Waals surface area contributed by atoms with Crippen molar-refractivity contribution in [3.63, 3.8) is 0 Å². The number of carbonyl (C=O) groups is 1. The number of hydrogen-bond donors (Lipinski definition) is 1. The lowest BCUT2D eigenvalue weighted by Crippen LogP contribution is -2.31. The van der Waals surface area contributed by atoms with E-state index in [2.05, 4.69) is 15.1 Å². The Morgan fingerprint density at radius 2 is 2.28 bits per heavy atom. The third-order valence-corrected chi connectivity index (χ3v) is 4.98. The van der Waals surface area contributed by atoms with Crippen LogP contribution in [0.25, 0.3) is 11.4 Å². The maximum absolute atomic E-state index is 12.3. The van der Waals surface area contributed by atoms with Crippen LogP contribution in [0.2, 0.25) is 0 Å². The van der Waals surface area contributed by atoms with E-state index >= 15 is 0 Å². The van der Waals surface area contributed by atoms with Crippen LogP contribution in [0.15, 0.2) is 29.0 Å². The summed E-state index contributed by atoms with van der Waals surface area (Å²) < 4.78 is 27.4. The largest absolute Gasteiger partial charge is 0.342 e. The predicted octanol–water partition coefficient (Wildman–Crippen LogP) is 0.201. The SMILES string of the molecule is NS(=O)(=O)C[C@H]1CCN(C(=O)CCc2nc(-c3cccnc3)no2)C1. The highest BCUT2D eigenvalue weighted by Gasteiger charge is 2.28. The Morgan fingerprint density at radius 3 is 3.00 bits per heavy atom. The Labute approximate surface area is 145 Å². The van der Waals surface area contributed by atoms with E-state index in [-0.39, 0.29) is 24.0 Å². The smallest absolute Gasteiger partial charge is 0.227 e. The third-order valence-electron chi connectivity index (χ3n) is 4.05. The van der Waals surface area contributed by atoms with Crippen molar-refractivity contribution in [3.05, 3.63) is 30.4 Å². The quantitative estimate of drug-likeness (QED) is 0.773. The molecule has 1 fully saturated rings. The Balaban J connectivity index is 1.51. The van der Waals surface area contributed by atoms with E-state index in [1.807, 2.05) is 6.07 Å². The van der Waals surface area contributed by atoms with Gasteiger partial charge in [-0.2, -0.15) is 4.98 Å². The van der Waals surface area contributed by atoms with Gasteiger partial charge in [0.05, 0.1) is 5.75 Å². The van der Waals surface area contributed by atoms with E-state index in [9.17, 15) is 13.2 Å². The third kappa shape index (κ3) is 4.83.